The molecule has 1 fully saturated rings. The van der Waals surface area contributed by atoms with Gasteiger partial charge < -0.3 is 0 Å². The average molecular weight is 289 g/mol. The van der Waals surface area contributed by atoms with Crippen LogP contribution in [0, 0.1) is 21.4 Å². The highest BCUT2D eigenvalue weighted by Gasteiger charge is 2.40. The number of non-ortho nitro benzene ring substituents is 1. The molecule has 0 saturated heterocycles. The number of hydrogen-bond donors (Lipinski definition) is 0. The van der Waals surface area contributed by atoms with Crippen LogP contribution < -0.4 is 0 Å². The molecule has 0 aliphatic heterocycles. The number of benzene rings is 1. The van der Waals surface area contributed by atoms with Crippen molar-refractivity contribution >= 4 is 11.5 Å². The third-order valence-corrected chi connectivity index (χ3v) is 4.46. The summed E-state index contributed by atoms with van der Waals surface area (Å²) in [5.74, 6) is 0.825. The Kier molecular flexibility index (Phi) is 4.76. The highest BCUT2D eigenvalue weighted by Crippen LogP contribution is 2.44. The molecule has 21 heavy (non-hydrogen) atoms. The van der Waals surface area contributed by atoms with Crippen LogP contribution in [-0.2, 0) is 11.2 Å². The summed E-state index contributed by atoms with van der Waals surface area (Å²) in [6.45, 7) is 4.33. The lowest BCUT2D eigenvalue weighted by Crippen LogP contribution is -2.31. The number of Topliss-reactive ketones (excluding diaryl/α,β-unsaturated/α-hetero) is 1. The molecule has 0 N–H and O–H groups in total. The van der Waals surface area contributed by atoms with Gasteiger partial charge in [-0.25, -0.2) is 0 Å². The van der Waals surface area contributed by atoms with Crippen LogP contribution >= 0.6 is 0 Å². The molecule has 0 spiro atoms. The maximum atomic E-state index is 12.8. The lowest BCUT2D eigenvalue weighted by molar-refractivity contribution is -0.384. The standard InChI is InChI=1S/C17H23NO3/c1-13(2)12-17(9-3-4-10-17)16(19)11-14-5-7-15(8-6-14)18(20)21/h5-8,13H,3-4,9-12H2,1-2H3. The Morgan fingerprint density at radius 2 is 1.81 bits per heavy atom. The van der Waals surface area contributed by atoms with Gasteiger partial charge in [-0.05, 0) is 30.7 Å². The highest BCUT2D eigenvalue weighted by atomic mass is 16.6. The van der Waals surface area contributed by atoms with Crippen molar-refractivity contribution in [1.29, 1.82) is 0 Å². The fraction of sp³-hybridized carbons (Fsp3) is 0.588. The van der Waals surface area contributed by atoms with E-state index >= 15 is 0 Å². The van der Waals surface area contributed by atoms with Crippen LogP contribution in [0.1, 0.15) is 51.5 Å². The van der Waals surface area contributed by atoms with Gasteiger partial charge in [0.1, 0.15) is 5.78 Å². The molecule has 0 heterocycles. The second-order valence-electron chi connectivity index (χ2n) is 6.61. The fourth-order valence-electron chi connectivity index (χ4n) is 3.54. The molecule has 2 rings (SSSR count). The van der Waals surface area contributed by atoms with Crippen molar-refractivity contribution < 1.29 is 9.72 Å². The first-order chi connectivity index (χ1) is 9.93. The second kappa shape index (κ2) is 6.37. The SMILES string of the molecule is CC(C)CC1(C(=O)Cc2ccc([N+](=O)[O-])cc2)CCCC1. The number of carbonyl (C=O) groups is 1. The van der Waals surface area contributed by atoms with Gasteiger partial charge in [-0.2, -0.15) is 0 Å². The van der Waals surface area contributed by atoms with E-state index in [1.54, 1.807) is 12.1 Å². The first-order valence-corrected chi connectivity index (χ1v) is 7.69. The Balaban J connectivity index is 2.10. The normalized spacial score (nSPS) is 17.1. The number of nitro groups is 1. The minimum atomic E-state index is -0.414. The van der Waals surface area contributed by atoms with E-state index in [9.17, 15) is 14.9 Å². The van der Waals surface area contributed by atoms with Crippen LogP contribution in [0.4, 0.5) is 5.69 Å². The Morgan fingerprint density at radius 1 is 1.24 bits per heavy atom. The van der Waals surface area contributed by atoms with Crippen LogP contribution in [0.2, 0.25) is 0 Å². The molecule has 0 radical (unpaired) electrons. The van der Waals surface area contributed by atoms with E-state index in [4.69, 9.17) is 0 Å². The molecule has 4 nitrogen and oxygen atoms in total. The van der Waals surface area contributed by atoms with Crippen molar-refractivity contribution in [3.8, 4) is 0 Å². The molecule has 1 aromatic carbocycles. The van der Waals surface area contributed by atoms with Crippen molar-refractivity contribution in [2.75, 3.05) is 0 Å². The van der Waals surface area contributed by atoms with Gasteiger partial charge in [0.25, 0.3) is 5.69 Å². The monoisotopic (exact) mass is 289 g/mol. The maximum absolute atomic E-state index is 12.8. The third kappa shape index (κ3) is 3.69. The highest BCUT2D eigenvalue weighted by molar-refractivity contribution is 5.87. The van der Waals surface area contributed by atoms with E-state index in [1.807, 2.05) is 0 Å². The van der Waals surface area contributed by atoms with E-state index in [-0.39, 0.29) is 11.1 Å². The quantitative estimate of drug-likeness (QED) is 0.579. The Hall–Kier alpha value is -1.71. The third-order valence-electron chi connectivity index (χ3n) is 4.46. The molecule has 4 heteroatoms. The van der Waals surface area contributed by atoms with Crippen molar-refractivity contribution in [2.24, 2.45) is 11.3 Å². The predicted molar refractivity (Wildman–Crippen MR) is 82.2 cm³/mol. The topological polar surface area (TPSA) is 60.2 Å². The van der Waals surface area contributed by atoms with E-state index in [0.717, 1.165) is 37.7 Å². The first kappa shape index (κ1) is 15.7. The van der Waals surface area contributed by atoms with Crippen molar-refractivity contribution in [3.05, 3.63) is 39.9 Å². The molecule has 114 valence electrons. The number of rotatable bonds is 6. The van der Waals surface area contributed by atoms with Gasteiger partial charge in [-0.3, -0.25) is 14.9 Å². The van der Waals surface area contributed by atoms with Gasteiger partial charge in [0.2, 0.25) is 0 Å². The Bertz CT molecular complexity index is 513. The van der Waals surface area contributed by atoms with E-state index in [0.29, 0.717) is 18.1 Å². The molecule has 0 unspecified atom stereocenters. The van der Waals surface area contributed by atoms with Gasteiger partial charge in [-0.1, -0.05) is 38.8 Å². The van der Waals surface area contributed by atoms with Crippen molar-refractivity contribution in [2.45, 2.75) is 52.4 Å². The van der Waals surface area contributed by atoms with Crippen molar-refractivity contribution in [1.82, 2.24) is 0 Å². The van der Waals surface area contributed by atoms with Gasteiger partial charge in [0, 0.05) is 24.0 Å². The van der Waals surface area contributed by atoms with E-state index in [1.165, 1.54) is 12.1 Å². The minimum absolute atomic E-state index is 0.0731. The molecule has 0 amide bonds. The summed E-state index contributed by atoms with van der Waals surface area (Å²) in [5.41, 5.74) is 0.792. The maximum Gasteiger partial charge on any atom is 0.269 e. The zero-order valence-electron chi connectivity index (χ0n) is 12.8. The molecule has 1 aliphatic carbocycles. The lowest BCUT2D eigenvalue weighted by Gasteiger charge is -2.29. The largest absolute Gasteiger partial charge is 0.299 e. The minimum Gasteiger partial charge on any atom is -0.299 e. The molecule has 0 bridgehead atoms. The Morgan fingerprint density at radius 3 is 2.29 bits per heavy atom. The van der Waals surface area contributed by atoms with Crippen LogP contribution in [-0.4, -0.2) is 10.7 Å². The summed E-state index contributed by atoms with van der Waals surface area (Å²) in [7, 11) is 0. The van der Waals surface area contributed by atoms with Crippen LogP contribution in [0.3, 0.4) is 0 Å². The van der Waals surface area contributed by atoms with Crippen LogP contribution in [0.25, 0.3) is 0 Å². The Labute approximate surface area is 125 Å². The summed E-state index contributed by atoms with van der Waals surface area (Å²) >= 11 is 0. The average Bonchev–Trinajstić information content (AvgIpc) is 2.88. The number of ketones is 1. The number of nitro benzene ring substituents is 1. The van der Waals surface area contributed by atoms with Gasteiger partial charge >= 0.3 is 0 Å². The molecular formula is C17H23NO3. The molecule has 0 atom stereocenters. The smallest absolute Gasteiger partial charge is 0.269 e. The van der Waals surface area contributed by atoms with E-state index < -0.39 is 4.92 Å². The zero-order valence-corrected chi connectivity index (χ0v) is 12.8. The second-order valence-corrected chi connectivity index (χ2v) is 6.61. The first-order valence-electron chi connectivity index (χ1n) is 7.69. The van der Waals surface area contributed by atoms with Gasteiger partial charge in [0.05, 0.1) is 4.92 Å². The fourth-order valence-corrected chi connectivity index (χ4v) is 3.54. The summed E-state index contributed by atoms with van der Waals surface area (Å²) in [6, 6.07) is 6.36. The summed E-state index contributed by atoms with van der Waals surface area (Å²) in [4.78, 5) is 23.0. The molecular weight excluding hydrogens is 266 g/mol. The summed E-state index contributed by atoms with van der Waals surface area (Å²) in [5, 5.41) is 10.7. The molecule has 1 aromatic rings. The van der Waals surface area contributed by atoms with Gasteiger partial charge in [0.15, 0.2) is 0 Å². The van der Waals surface area contributed by atoms with Crippen molar-refractivity contribution in [3.63, 3.8) is 0 Å². The molecule has 1 aliphatic rings. The number of nitrogens with zero attached hydrogens (tertiary/aromatic N) is 1. The summed E-state index contributed by atoms with van der Waals surface area (Å²) in [6.07, 6.45) is 5.62. The van der Waals surface area contributed by atoms with Crippen LogP contribution in [0.15, 0.2) is 24.3 Å². The lowest BCUT2D eigenvalue weighted by atomic mass is 9.73. The number of carbonyl (C=O) groups excluding carboxylic acids is 1. The zero-order chi connectivity index (χ0) is 15.5. The number of hydrogen-bond acceptors (Lipinski definition) is 3. The van der Waals surface area contributed by atoms with E-state index in [2.05, 4.69) is 13.8 Å². The van der Waals surface area contributed by atoms with Gasteiger partial charge in [-0.15, -0.1) is 0 Å². The predicted octanol–water partition coefficient (Wildman–Crippen LogP) is 4.31. The molecule has 0 aromatic heterocycles. The van der Waals surface area contributed by atoms with Crippen LogP contribution in [0.5, 0.6) is 0 Å². The molecule has 1 saturated carbocycles. The summed E-state index contributed by atoms with van der Waals surface area (Å²) < 4.78 is 0.